The van der Waals surface area contributed by atoms with E-state index in [0.717, 1.165) is 6.92 Å². The van der Waals surface area contributed by atoms with E-state index in [1.807, 2.05) is 0 Å². The summed E-state index contributed by atoms with van der Waals surface area (Å²) in [5.74, 6) is -3.44. The van der Waals surface area contributed by atoms with Crippen molar-refractivity contribution < 1.29 is 18.7 Å². The third-order valence-corrected chi connectivity index (χ3v) is 2.25. The Morgan fingerprint density at radius 3 is 2.54 bits per heavy atom. The highest BCUT2D eigenvalue weighted by Gasteiger charge is 2.19. The van der Waals surface area contributed by atoms with Crippen molar-refractivity contribution in [3.8, 4) is 5.75 Å². The highest BCUT2D eigenvalue weighted by molar-refractivity contribution is 9.10. The number of carbonyl (C=O) groups excluding carboxylic acids is 1. The van der Waals surface area contributed by atoms with Crippen molar-refractivity contribution in [2.24, 2.45) is 0 Å². The molecule has 0 heterocycles. The number of hydrogen-bond acceptors (Lipinski definition) is 2. The van der Waals surface area contributed by atoms with Crippen molar-refractivity contribution in [2.45, 2.75) is 6.92 Å². The van der Waals surface area contributed by atoms with Gasteiger partial charge in [0.15, 0.2) is 11.6 Å². The van der Waals surface area contributed by atoms with Crippen LogP contribution in [0, 0.1) is 11.6 Å². The van der Waals surface area contributed by atoms with Crippen molar-refractivity contribution in [3.63, 3.8) is 0 Å². The molecule has 1 aromatic rings. The van der Waals surface area contributed by atoms with Gasteiger partial charge in [-0.3, -0.25) is 4.79 Å². The van der Waals surface area contributed by atoms with Crippen molar-refractivity contribution in [1.29, 1.82) is 0 Å². The van der Waals surface area contributed by atoms with Gasteiger partial charge in [-0.15, -0.1) is 0 Å². The van der Waals surface area contributed by atoms with E-state index in [2.05, 4.69) is 15.9 Å². The lowest BCUT2D eigenvalue weighted by molar-refractivity contribution is 0.100. The summed E-state index contributed by atoms with van der Waals surface area (Å²) in [7, 11) is 0. The number of carbonyl (C=O) groups is 1. The lowest BCUT2D eigenvalue weighted by Crippen LogP contribution is -2.02. The molecule has 0 amide bonds. The number of Topliss-reactive ketones (excluding diaryl/α,β-unsaturated/α-hetero) is 1. The number of rotatable bonds is 1. The first kappa shape index (κ1) is 10.1. The van der Waals surface area contributed by atoms with E-state index >= 15 is 0 Å². The van der Waals surface area contributed by atoms with Crippen LogP contribution in [0.3, 0.4) is 0 Å². The second kappa shape index (κ2) is 3.41. The minimum atomic E-state index is -1.08. The zero-order valence-corrected chi connectivity index (χ0v) is 8.15. The third-order valence-electron chi connectivity index (χ3n) is 1.49. The molecule has 0 atom stereocenters. The van der Waals surface area contributed by atoms with Crippen LogP contribution >= 0.6 is 15.9 Å². The molecule has 0 saturated carbocycles. The van der Waals surface area contributed by atoms with Crippen LogP contribution in [0.25, 0.3) is 0 Å². The maximum absolute atomic E-state index is 13.1. The molecular weight excluding hydrogens is 246 g/mol. The predicted octanol–water partition coefficient (Wildman–Crippen LogP) is 2.64. The van der Waals surface area contributed by atoms with Crippen LogP contribution in [-0.4, -0.2) is 10.9 Å². The summed E-state index contributed by atoms with van der Waals surface area (Å²) in [5.41, 5.74) is -0.648. The number of aromatic hydroxyl groups is 1. The van der Waals surface area contributed by atoms with Crippen LogP contribution in [-0.2, 0) is 0 Å². The molecule has 5 heteroatoms. The van der Waals surface area contributed by atoms with Crippen LogP contribution in [0.5, 0.6) is 5.75 Å². The van der Waals surface area contributed by atoms with Crippen molar-refractivity contribution in [1.82, 2.24) is 0 Å². The summed E-state index contributed by atoms with van der Waals surface area (Å²) < 4.78 is 25.7. The molecule has 0 aliphatic rings. The molecule has 0 aliphatic heterocycles. The Labute approximate surface area is 81.3 Å². The van der Waals surface area contributed by atoms with Crippen LogP contribution in [0.4, 0.5) is 8.78 Å². The van der Waals surface area contributed by atoms with E-state index in [1.165, 1.54) is 0 Å². The zero-order chi connectivity index (χ0) is 10.2. The molecule has 1 rings (SSSR count). The summed E-state index contributed by atoms with van der Waals surface area (Å²) in [6.45, 7) is 1.05. The fraction of sp³-hybridized carbons (Fsp3) is 0.125. The fourth-order valence-electron chi connectivity index (χ4n) is 0.905. The Hall–Kier alpha value is -0.970. The topological polar surface area (TPSA) is 37.3 Å². The SMILES string of the molecule is CC(=O)c1c(F)cc(O)c(Br)c1F. The van der Waals surface area contributed by atoms with Gasteiger partial charge in [-0.1, -0.05) is 0 Å². The smallest absolute Gasteiger partial charge is 0.165 e. The molecule has 0 aliphatic carbocycles. The molecule has 0 bridgehead atoms. The first-order valence-electron chi connectivity index (χ1n) is 3.32. The molecule has 0 fully saturated rings. The van der Waals surface area contributed by atoms with Gasteiger partial charge in [0.25, 0.3) is 0 Å². The number of phenols is 1. The lowest BCUT2D eigenvalue weighted by atomic mass is 10.1. The average Bonchev–Trinajstić information content (AvgIpc) is 1.99. The fourth-order valence-corrected chi connectivity index (χ4v) is 1.22. The second-order valence-electron chi connectivity index (χ2n) is 2.44. The van der Waals surface area contributed by atoms with Gasteiger partial charge in [0.2, 0.25) is 0 Å². The Balaban J connectivity index is 3.53. The van der Waals surface area contributed by atoms with Gasteiger partial charge in [0, 0.05) is 6.07 Å². The Kier molecular flexibility index (Phi) is 2.66. The molecule has 0 unspecified atom stereocenters. The van der Waals surface area contributed by atoms with Crippen LogP contribution in [0.2, 0.25) is 0 Å². The van der Waals surface area contributed by atoms with E-state index in [1.54, 1.807) is 0 Å². The third kappa shape index (κ3) is 1.70. The maximum Gasteiger partial charge on any atom is 0.165 e. The Morgan fingerprint density at radius 1 is 1.54 bits per heavy atom. The molecule has 2 nitrogen and oxygen atoms in total. The number of benzene rings is 1. The predicted molar refractivity (Wildman–Crippen MR) is 45.7 cm³/mol. The summed E-state index contributed by atoms with van der Waals surface area (Å²) in [6.07, 6.45) is 0. The first-order valence-corrected chi connectivity index (χ1v) is 4.12. The average molecular weight is 251 g/mol. The minimum absolute atomic E-state index is 0.306. The van der Waals surface area contributed by atoms with Gasteiger partial charge in [0.05, 0.1) is 10.0 Å². The van der Waals surface area contributed by atoms with Crippen LogP contribution < -0.4 is 0 Å². The molecule has 0 aromatic heterocycles. The van der Waals surface area contributed by atoms with Crippen molar-refractivity contribution in [2.75, 3.05) is 0 Å². The summed E-state index contributed by atoms with van der Waals surface area (Å²) in [5, 5.41) is 8.95. The number of halogens is 3. The van der Waals surface area contributed by atoms with Gasteiger partial charge in [-0.2, -0.15) is 0 Å². The van der Waals surface area contributed by atoms with E-state index in [9.17, 15) is 13.6 Å². The van der Waals surface area contributed by atoms with Crippen molar-refractivity contribution >= 4 is 21.7 Å². The van der Waals surface area contributed by atoms with Crippen molar-refractivity contribution in [3.05, 3.63) is 27.7 Å². The molecule has 70 valence electrons. The van der Waals surface area contributed by atoms with E-state index < -0.39 is 28.7 Å². The van der Waals surface area contributed by atoms with Crippen LogP contribution in [0.15, 0.2) is 10.5 Å². The minimum Gasteiger partial charge on any atom is -0.507 e. The van der Waals surface area contributed by atoms with Gasteiger partial charge >= 0.3 is 0 Å². The normalized spacial score (nSPS) is 10.2. The number of hydrogen-bond donors (Lipinski definition) is 1. The highest BCUT2D eigenvalue weighted by atomic mass is 79.9. The summed E-state index contributed by atoms with van der Waals surface area (Å²) in [6, 6.07) is 0.684. The molecule has 0 saturated heterocycles. The number of phenolic OH excluding ortho intramolecular Hbond substituents is 1. The van der Waals surface area contributed by atoms with Gasteiger partial charge in [0.1, 0.15) is 11.6 Å². The Morgan fingerprint density at radius 2 is 2.08 bits per heavy atom. The molecule has 1 aromatic carbocycles. The van der Waals surface area contributed by atoms with Gasteiger partial charge in [-0.25, -0.2) is 8.78 Å². The lowest BCUT2D eigenvalue weighted by Gasteiger charge is -2.04. The van der Waals surface area contributed by atoms with Gasteiger partial charge < -0.3 is 5.11 Å². The Bertz CT molecular complexity index is 377. The first-order chi connectivity index (χ1) is 5.95. The van der Waals surface area contributed by atoms with Crippen LogP contribution in [0.1, 0.15) is 17.3 Å². The molecule has 0 spiro atoms. The van der Waals surface area contributed by atoms with E-state index in [0.29, 0.717) is 6.07 Å². The van der Waals surface area contributed by atoms with E-state index in [4.69, 9.17) is 5.11 Å². The second-order valence-corrected chi connectivity index (χ2v) is 3.23. The number of ketones is 1. The monoisotopic (exact) mass is 250 g/mol. The van der Waals surface area contributed by atoms with E-state index in [-0.39, 0.29) is 4.47 Å². The molecule has 1 N–H and O–H groups in total. The summed E-state index contributed by atoms with van der Waals surface area (Å²) in [4.78, 5) is 10.8. The quantitative estimate of drug-likeness (QED) is 0.615. The molecule has 0 radical (unpaired) electrons. The largest absolute Gasteiger partial charge is 0.507 e. The summed E-state index contributed by atoms with van der Waals surface area (Å²) >= 11 is 2.69. The molecule has 13 heavy (non-hydrogen) atoms. The molecular formula is C8H5BrF2O2. The highest BCUT2D eigenvalue weighted by Crippen LogP contribution is 2.30. The van der Waals surface area contributed by atoms with Gasteiger partial charge in [-0.05, 0) is 22.9 Å². The standard InChI is InChI=1S/C8H5BrF2O2/c1-3(12)6-4(10)2-5(13)7(9)8(6)11/h2,13H,1H3. The zero-order valence-electron chi connectivity index (χ0n) is 6.57. The maximum atomic E-state index is 13.1.